The molecule has 0 aliphatic rings. The zero-order valence-electron chi connectivity index (χ0n) is 8.59. The Bertz CT molecular complexity index is 387. The molecule has 0 heterocycles. The third-order valence-corrected chi connectivity index (χ3v) is 1.90. The van der Waals surface area contributed by atoms with Crippen LogP contribution in [0.2, 0.25) is 0 Å². The lowest BCUT2D eigenvalue weighted by Gasteiger charge is -2.19. The van der Waals surface area contributed by atoms with Gasteiger partial charge in [0.1, 0.15) is 12.4 Å². The molecule has 88 valence electrons. The van der Waals surface area contributed by atoms with Gasteiger partial charge in [-0.15, -0.1) is 0 Å². The zero-order chi connectivity index (χ0) is 12.2. The minimum atomic E-state index is -5.27. The summed E-state index contributed by atoms with van der Waals surface area (Å²) in [5.74, 6) is -1.26. The molecule has 0 aliphatic carbocycles. The van der Waals surface area contributed by atoms with Crippen molar-refractivity contribution in [3.05, 3.63) is 36.2 Å². The summed E-state index contributed by atoms with van der Waals surface area (Å²) in [5, 5.41) is 0. The van der Waals surface area contributed by atoms with Crippen LogP contribution in [-0.2, 0) is 0 Å². The van der Waals surface area contributed by atoms with Crippen LogP contribution in [0, 0.1) is 5.82 Å². The Morgan fingerprint density at radius 3 is 2.56 bits per heavy atom. The van der Waals surface area contributed by atoms with Crippen molar-refractivity contribution in [2.75, 3.05) is 6.61 Å². The van der Waals surface area contributed by atoms with Crippen molar-refractivity contribution < 1.29 is 22.1 Å². The fourth-order valence-corrected chi connectivity index (χ4v) is 1.14. The minimum absolute atomic E-state index is 0.0291. The third-order valence-electron chi connectivity index (χ3n) is 1.90. The summed E-state index contributed by atoms with van der Waals surface area (Å²) in [6.45, 7) is -3.51. The van der Waals surface area contributed by atoms with Gasteiger partial charge >= 0.3 is 6.98 Å². The van der Waals surface area contributed by atoms with Crippen LogP contribution in [0.15, 0.2) is 30.4 Å². The maximum atomic E-state index is 12.7. The van der Waals surface area contributed by atoms with Crippen molar-refractivity contribution in [2.24, 2.45) is 0 Å². The maximum absolute atomic E-state index is 12.7. The molecule has 0 spiro atoms. The van der Waals surface area contributed by atoms with E-state index < -0.39 is 18.3 Å². The van der Waals surface area contributed by atoms with Gasteiger partial charge in [-0.2, -0.15) is 0 Å². The molecule has 0 N–H and O–H groups in total. The largest absolute Gasteiger partial charge is 0.513 e. The zero-order valence-corrected chi connectivity index (χ0v) is 8.59. The van der Waals surface area contributed by atoms with Gasteiger partial charge in [0.05, 0.1) is 5.75 Å². The van der Waals surface area contributed by atoms with Gasteiger partial charge in [-0.25, -0.2) is 4.39 Å². The Morgan fingerprint density at radius 1 is 1.31 bits per heavy atom. The Morgan fingerprint density at radius 2 is 2.00 bits per heavy atom. The second-order valence-corrected chi connectivity index (χ2v) is 3.14. The van der Waals surface area contributed by atoms with E-state index in [4.69, 9.17) is 4.74 Å². The molecule has 1 aromatic carbocycles. The highest BCUT2D eigenvalue weighted by Crippen LogP contribution is 2.18. The molecule has 16 heavy (non-hydrogen) atoms. The van der Waals surface area contributed by atoms with E-state index in [9.17, 15) is 17.3 Å². The van der Waals surface area contributed by atoms with Crippen LogP contribution < -0.4 is 10.2 Å². The van der Waals surface area contributed by atoms with Gasteiger partial charge in [0.2, 0.25) is 0 Å². The van der Waals surface area contributed by atoms with E-state index >= 15 is 0 Å². The van der Waals surface area contributed by atoms with Crippen LogP contribution in [-0.4, -0.2) is 13.6 Å². The predicted octanol–water partition coefficient (Wildman–Crippen LogP) is 2.84. The van der Waals surface area contributed by atoms with Gasteiger partial charge in [-0.3, -0.25) is 0 Å². The van der Waals surface area contributed by atoms with E-state index in [-0.39, 0.29) is 12.4 Å². The molecule has 0 saturated carbocycles. The Kier molecular flexibility index (Phi) is 3.98. The number of halogens is 4. The molecule has 0 radical (unpaired) electrons. The number of allylic oxidation sites excluding steroid dienone is 1. The fraction of sp³-hybridized carbons (Fsp3) is 0.200. The summed E-state index contributed by atoms with van der Waals surface area (Å²) >= 11 is 0. The Hall–Kier alpha value is -1.46. The van der Waals surface area contributed by atoms with E-state index in [0.29, 0.717) is 6.07 Å². The highest BCUT2D eigenvalue weighted by molar-refractivity contribution is 6.74. The summed E-state index contributed by atoms with van der Waals surface area (Å²) in [6, 6.07) is 2.38. The predicted molar refractivity (Wildman–Crippen MR) is 55.4 cm³/mol. The van der Waals surface area contributed by atoms with Crippen LogP contribution in [0.25, 0.3) is 0 Å². The molecule has 0 aromatic heterocycles. The van der Waals surface area contributed by atoms with E-state index in [1.165, 1.54) is 0 Å². The molecule has 1 nitrogen and oxygen atoms in total. The minimum Gasteiger partial charge on any atom is -0.493 e. The molecule has 0 fully saturated rings. The van der Waals surface area contributed by atoms with Gasteiger partial charge in [0.15, 0.2) is 0 Å². The number of ether oxygens (including phenoxy) is 1. The quantitative estimate of drug-likeness (QED) is 0.441. The van der Waals surface area contributed by atoms with Crippen LogP contribution in [0.5, 0.6) is 5.75 Å². The van der Waals surface area contributed by atoms with Crippen LogP contribution >= 0.6 is 0 Å². The Labute approximate surface area is 90.8 Å². The van der Waals surface area contributed by atoms with Gasteiger partial charge in [-0.1, -0.05) is 17.6 Å². The lowest BCUT2D eigenvalue weighted by molar-refractivity contribution is 0.362. The second kappa shape index (κ2) is 5.05. The first-order chi connectivity index (χ1) is 7.45. The summed E-state index contributed by atoms with van der Waals surface area (Å²) in [7, 11) is 0. The summed E-state index contributed by atoms with van der Waals surface area (Å²) in [4.78, 5) is 0. The standard InChI is InChI=1S/C10H10BF4O/c1-2-3-6-16-10-5-4-8(12)7-9(10)11(13,14)15/h2-5,7H,6H2,1H3/q-1/b3-2+. The highest BCUT2D eigenvalue weighted by atomic mass is 19.4. The van der Waals surface area contributed by atoms with Crippen molar-refractivity contribution in [3.8, 4) is 5.75 Å². The maximum Gasteiger partial charge on any atom is 0.513 e. The average molecular weight is 233 g/mol. The van der Waals surface area contributed by atoms with Crippen molar-refractivity contribution in [1.82, 2.24) is 0 Å². The van der Waals surface area contributed by atoms with Crippen LogP contribution in [0.1, 0.15) is 6.92 Å². The molecule has 6 heteroatoms. The molecule has 0 atom stereocenters. The molecular formula is C10H10BF4O-. The average Bonchev–Trinajstić information content (AvgIpc) is 2.19. The molecular weight excluding hydrogens is 223 g/mol. The van der Waals surface area contributed by atoms with E-state index in [2.05, 4.69) is 0 Å². The third kappa shape index (κ3) is 3.29. The molecule has 1 rings (SSSR count). The molecule has 1 aromatic rings. The lowest BCUT2D eigenvalue weighted by atomic mass is 9.79. The van der Waals surface area contributed by atoms with Crippen LogP contribution in [0.4, 0.5) is 17.3 Å². The number of benzene rings is 1. The van der Waals surface area contributed by atoms with Crippen molar-refractivity contribution in [1.29, 1.82) is 0 Å². The number of rotatable bonds is 4. The second-order valence-electron chi connectivity index (χ2n) is 3.14. The van der Waals surface area contributed by atoms with E-state index in [0.717, 1.165) is 12.1 Å². The first-order valence-electron chi connectivity index (χ1n) is 4.68. The molecule has 0 amide bonds. The molecule has 0 saturated heterocycles. The first kappa shape index (κ1) is 12.6. The fourth-order valence-electron chi connectivity index (χ4n) is 1.14. The monoisotopic (exact) mass is 233 g/mol. The summed E-state index contributed by atoms with van der Waals surface area (Å²) < 4.78 is 55.2. The Balaban J connectivity index is 2.99. The molecule has 0 bridgehead atoms. The van der Waals surface area contributed by atoms with Gasteiger partial charge in [0, 0.05) is 0 Å². The van der Waals surface area contributed by atoms with Gasteiger partial charge < -0.3 is 17.7 Å². The smallest absolute Gasteiger partial charge is 0.493 e. The molecule has 0 aliphatic heterocycles. The summed E-state index contributed by atoms with van der Waals surface area (Å²) in [6.07, 6.45) is 3.22. The number of hydrogen-bond donors (Lipinski definition) is 0. The SMILES string of the molecule is C/C=C/COc1ccc(F)cc1[B-](F)(F)F. The molecule has 0 unspecified atom stereocenters. The first-order valence-corrected chi connectivity index (χ1v) is 4.68. The van der Waals surface area contributed by atoms with Crippen molar-refractivity contribution in [3.63, 3.8) is 0 Å². The van der Waals surface area contributed by atoms with Crippen molar-refractivity contribution in [2.45, 2.75) is 6.92 Å². The normalized spacial score (nSPS) is 12.1. The highest BCUT2D eigenvalue weighted by Gasteiger charge is 2.29. The topological polar surface area (TPSA) is 9.23 Å². The van der Waals surface area contributed by atoms with E-state index in [1.54, 1.807) is 19.1 Å². The van der Waals surface area contributed by atoms with Crippen LogP contribution in [0.3, 0.4) is 0 Å². The van der Waals surface area contributed by atoms with Gasteiger partial charge in [-0.05, 0) is 25.1 Å². The number of hydrogen-bond acceptors (Lipinski definition) is 1. The van der Waals surface area contributed by atoms with E-state index in [1.807, 2.05) is 0 Å². The van der Waals surface area contributed by atoms with Crippen molar-refractivity contribution >= 4 is 12.4 Å². The lowest BCUT2D eigenvalue weighted by Crippen LogP contribution is -2.35. The van der Waals surface area contributed by atoms with Gasteiger partial charge in [0.25, 0.3) is 0 Å². The summed E-state index contributed by atoms with van der Waals surface area (Å²) in [5.41, 5.74) is -1.04.